The van der Waals surface area contributed by atoms with Gasteiger partial charge in [-0.25, -0.2) is 4.98 Å². The second-order valence-electron chi connectivity index (χ2n) is 4.35. The Morgan fingerprint density at radius 2 is 1.43 bits per heavy atom. The van der Waals surface area contributed by atoms with E-state index in [4.69, 9.17) is 37.4 Å². The van der Waals surface area contributed by atoms with Gasteiger partial charge in [0.25, 0.3) is 0 Å². The van der Waals surface area contributed by atoms with Crippen LogP contribution in [0.5, 0.6) is 17.2 Å². The quantitative estimate of drug-likeness (QED) is 0.781. The molecule has 0 spiro atoms. The number of hydrogen-bond acceptors (Lipinski definition) is 4. The number of nitrogens with zero attached hydrogens (tertiary/aromatic N) is 1. The Kier molecular flexibility index (Phi) is 4.80. The van der Waals surface area contributed by atoms with Gasteiger partial charge in [0.1, 0.15) is 10.3 Å². The summed E-state index contributed by atoms with van der Waals surface area (Å²) >= 11 is 12.2. The van der Waals surface area contributed by atoms with E-state index in [-0.39, 0.29) is 0 Å². The third kappa shape index (κ3) is 3.01. The molecule has 1 heterocycles. The van der Waals surface area contributed by atoms with Gasteiger partial charge in [0.15, 0.2) is 11.5 Å². The summed E-state index contributed by atoms with van der Waals surface area (Å²) < 4.78 is 16.0. The lowest BCUT2D eigenvalue weighted by atomic mass is 10.0. The van der Waals surface area contributed by atoms with Gasteiger partial charge >= 0.3 is 0 Å². The van der Waals surface area contributed by atoms with Gasteiger partial charge in [0, 0.05) is 5.56 Å². The highest BCUT2D eigenvalue weighted by Crippen LogP contribution is 2.42. The summed E-state index contributed by atoms with van der Waals surface area (Å²) in [6.45, 7) is 1.87. The Balaban J connectivity index is 2.67. The lowest BCUT2D eigenvalue weighted by Crippen LogP contribution is -1.96. The second-order valence-corrected chi connectivity index (χ2v) is 5.06. The van der Waals surface area contributed by atoms with Crippen LogP contribution < -0.4 is 14.2 Å². The molecule has 1 aromatic heterocycles. The third-order valence-corrected chi connectivity index (χ3v) is 3.75. The molecule has 0 fully saturated rings. The normalized spacial score (nSPS) is 10.4. The Labute approximate surface area is 133 Å². The van der Waals surface area contributed by atoms with Crippen LogP contribution in [0.4, 0.5) is 0 Å². The van der Waals surface area contributed by atoms with E-state index in [1.807, 2.05) is 25.1 Å². The van der Waals surface area contributed by atoms with Gasteiger partial charge in [0.2, 0.25) is 5.75 Å². The monoisotopic (exact) mass is 327 g/mol. The fourth-order valence-electron chi connectivity index (χ4n) is 2.01. The maximum Gasteiger partial charge on any atom is 0.203 e. The van der Waals surface area contributed by atoms with Crippen molar-refractivity contribution in [3.05, 3.63) is 34.1 Å². The number of aryl methyl sites for hydroxylation is 1. The Bertz CT molecular complexity index is 649. The molecule has 6 heteroatoms. The minimum atomic E-state index is 0.319. The minimum absolute atomic E-state index is 0.319. The molecule has 0 aliphatic carbocycles. The van der Waals surface area contributed by atoms with E-state index in [0.29, 0.717) is 27.6 Å². The SMILES string of the molecule is COc1cc(-c2cc(C)c(Cl)nc2Cl)cc(OC)c1OC. The van der Waals surface area contributed by atoms with Crippen molar-refractivity contribution in [2.24, 2.45) is 0 Å². The van der Waals surface area contributed by atoms with E-state index in [9.17, 15) is 0 Å². The van der Waals surface area contributed by atoms with Crippen LogP contribution >= 0.6 is 23.2 Å². The average Bonchev–Trinajstić information content (AvgIpc) is 2.49. The third-order valence-electron chi connectivity index (χ3n) is 3.08. The lowest BCUT2D eigenvalue weighted by molar-refractivity contribution is 0.324. The van der Waals surface area contributed by atoms with Gasteiger partial charge in [-0.15, -0.1) is 0 Å². The topological polar surface area (TPSA) is 40.6 Å². The molecule has 21 heavy (non-hydrogen) atoms. The highest BCUT2D eigenvalue weighted by Gasteiger charge is 2.16. The van der Waals surface area contributed by atoms with Crippen molar-refractivity contribution in [1.29, 1.82) is 0 Å². The summed E-state index contributed by atoms with van der Waals surface area (Å²) in [7, 11) is 4.68. The number of halogens is 2. The van der Waals surface area contributed by atoms with E-state index in [0.717, 1.165) is 16.7 Å². The molecule has 2 aromatic rings. The van der Waals surface area contributed by atoms with Crippen molar-refractivity contribution >= 4 is 23.2 Å². The Morgan fingerprint density at radius 3 is 1.90 bits per heavy atom. The predicted octanol–water partition coefficient (Wildman–Crippen LogP) is 4.39. The first-order valence-corrected chi connectivity index (χ1v) is 6.90. The van der Waals surface area contributed by atoms with Crippen LogP contribution in [-0.4, -0.2) is 26.3 Å². The molecular formula is C15H15Cl2NO3. The van der Waals surface area contributed by atoms with Gasteiger partial charge in [0.05, 0.1) is 21.3 Å². The molecule has 0 saturated carbocycles. The fraction of sp³-hybridized carbons (Fsp3) is 0.267. The smallest absolute Gasteiger partial charge is 0.203 e. The number of methoxy groups -OCH3 is 3. The Morgan fingerprint density at radius 1 is 0.857 bits per heavy atom. The van der Waals surface area contributed by atoms with Crippen LogP contribution in [0, 0.1) is 6.92 Å². The van der Waals surface area contributed by atoms with Crippen molar-refractivity contribution in [2.45, 2.75) is 6.92 Å². The summed E-state index contributed by atoms with van der Waals surface area (Å²) in [5.74, 6) is 1.63. The summed E-state index contributed by atoms with van der Waals surface area (Å²) in [4.78, 5) is 4.12. The molecule has 4 nitrogen and oxygen atoms in total. The molecular weight excluding hydrogens is 313 g/mol. The van der Waals surface area contributed by atoms with Crippen molar-refractivity contribution in [2.75, 3.05) is 21.3 Å². The predicted molar refractivity (Wildman–Crippen MR) is 84.1 cm³/mol. The molecule has 0 N–H and O–H groups in total. The maximum atomic E-state index is 6.19. The first-order valence-electron chi connectivity index (χ1n) is 6.14. The molecule has 2 rings (SSSR count). The van der Waals surface area contributed by atoms with Gasteiger partial charge in [-0.2, -0.15) is 0 Å². The summed E-state index contributed by atoms with van der Waals surface area (Å²) in [5, 5.41) is 0.705. The highest BCUT2D eigenvalue weighted by molar-refractivity contribution is 6.34. The van der Waals surface area contributed by atoms with Crippen molar-refractivity contribution in [3.63, 3.8) is 0 Å². The fourth-order valence-corrected chi connectivity index (χ4v) is 2.44. The summed E-state index contributed by atoms with van der Waals surface area (Å²) in [6, 6.07) is 5.51. The van der Waals surface area contributed by atoms with Crippen molar-refractivity contribution < 1.29 is 14.2 Å². The zero-order valence-electron chi connectivity index (χ0n) is 12.2. The van der Waals surface area contributed by atoms with Crippen LogP contribution in [0.1, 0.15) is 5.56 Å². The molecule has 112 valence electrons. The zero-order chi connectivity index (χ0) is 15.6. The second kappa shape index (κ2) is 6.41. The van der Waals surface area contributed by atoms with Crippen LogP contribution in [0.3, 0.4) is 0 Å². The molecule has 0 radical (unpaired) electrons. The van der Waals surface area contributed by atoms with Gasteiger partial charge in [-0.3, -0.25) is 0 Å². The number of ether oxygens (including phenoxy) is 3. The van der Waals surface area contributed by atoms with Crippen LogP contribution in [0.2, 0.25) is 10.3 Å². The number of pyridine rings is 1. The molecule has 0 atom stereocenters. The number of aromatic nitrogens is 1. The summed E-state index contributed by atoms with van der Waals surface area (Å²) in [6.07, 6.45) is 0. The number of rotatable bonds is 4. The lowest BCUT2D eigenvalue weighted by Gasteiger charge is -2.15. The average molecular weight is 328 g/mol. The molecule has 0 bridgehead atoms. The van der Waals surface area contributed by atoms with Gasteiger partial charge in [-0.05, 0) is 36.2 Å². The van der Waals surface area contributed by atoms with E-state index >= 15 is 0 Å². The van der Waals surface area contributed by atoms with Crippen LogP contribution in [-0.2, 0) is 0 Å². The molecule has 0 aliphatic heterocycles. The van der Waals surface area contributed by atoms with Crippen LogP contribution in [0.25, 0.3) is 11.1 Å². The van der Waals surface area contributed by atoms with Crippen molar-refractivity contribution in [3.8, 4) is 28.4 Å². The van der Waals surface area contributed by atoms with Crippen LogP contribution in [0.15, 0.2) is 18.2 Å². The van der Waals surface area contributed by atoms with Gasteiger partial charge in [-0.1, -0.05) is 23.2 Å². The number of benzene rings is 1. The largest absolute Gasteiger partial charge is 0.493 e. The first kappa shape index (κ1) is 15.7. The summed E-state index contributed by atoms with van der Waals surface area (Å²) in [5.41, 5.74) is 2.39. The number of hydrogen-bond donors (Lipinski definition) is 0. The highest BCUT2D eigenvalue weighted by atomic mass is 35.5. The van der Waals surface area contributed by atoms with E-state index in [2.05, 4.69) is 4.98 Å². The molecule has 0 aliphatic rings. The zero-order valence-corrected chi connectivity index (χ0v) is 13.7. The van der Waals surface area contributed by atoms with E-state index in [1.54, 1.807) is 21.3 Å². The molecule has 0 amide bonds. The first-order chi connectivity index (χ1) is 10.0. The Hall–Kier alpha value is -1.65. The van der Waals surface area contributed by atoms with E-state index in [1.165, 1.54) is 0 Å². The standard InChI is InChI=1S/C15H15Cl2NO3/c1-8-5-10(15(17)18-14(8)16)9-6-11(19-2)13(21-4)12(7-9)20-3/h5-7H,1-4H3. The molecule has 0 unspecified atom stereocenters. The van der Waals surface area contributed by atoms with E-state index < -0.39 is 0 Å². The maximum absolute atomic E-state index is 6.19. The molecule has 0 saturated heterocycles. The van der Waals surface area contributed by atoms with Gasteiger partial charge < -0.3 is 14.2 Å². The van der Waals surface area contributed by atoms with Crippen molar-refractivity contribution in [1.82, 2.24) is 4.98 Å². The minimum Gasteiger partial charge on any atom is -0.493 e. The molecule has 1 aromatic carbocycles.